The van der Waals surface area contributed by atoms with E-state index in [9.17, 15) is 13.6 Å². The Balaban J connectivity index is 2.34. The summed E-state index contributed by atoms with van der Waals surface area (Å²) < 4.78 is 30.0. The van der Waals surface area contributed by atoms with Crippen molar-refractivity contribution in [1.29, 1.82) is 0 Å². The number of ether oxygens (including phenoxy) is 1. The van der Waals surface area contributed by atoms with E-state index in [0.29, 0.717) is 18.5 Å². The number of hydrogen-bond acceptors (Lipinski definition) is 3. The Labute approximate surface area is 92.4 Å². The second-order valence-corrected chi connectivity index (χ2v) is 3.28. The molecule has 16 heavy (non-hydrogen) atoms. The lowest BCUT2D eigenvalue weighted by atomic mass is 10.1. The third-order valence-electron chi connectivity index (χ3n) is 2.01. The van der Waals surface area contributed by atoms with Gasteiger partial charge in [0.1, 0.15) is 11.6 Å². The second kappa shape index (κ2) is 6.17. The Hall–Kier alpha value is -1.49. The van der Waals surface area contributed by atoms with Crippen LogP contribution in [0.3, 0.4) is 0 Å². The van der Waals surface area contributed by atoms with Crippen molar-refractivity contribution < 1.29 is 18.3 Å². The fourth-order valence-corrected chi connectivity index (χ4v) is 1.25. The van der Waals surface area contributed by atoms with E-state index in [4.69, 9.17) is 0 Å². The van der Waals surface area contributed by atoms with E-state index >= 15 is 0 Å². The van der Waals surface area contributed by atoms with Crippen molar-refractivity contribution in [3.8, 4) is 0 Å². The van der Waals surface area contributed by atoms with Crippen LogP contribution in [0.4, 0.5) is 8.78 Å². The molecular formula is C11H13F2NO2. The molecule has 0 aliphatic rings. The van der Waals surface area contributed by atoms with Gasteiger partial charge < -0.3 is 10.1 Å². The predicted octanol–water partition coefficient (Wildman–Crippen LogP) is 1.27. The maximum atomic E-state index is 12.8. The van der Waals surface area contributed by atoms with Crippen molar-refractivity contribution in [2.45, 2.75) is 6.42 Å². The standard InChI is InChI=1S/C11H13F2NO2/c1-16-11(15)7-14-3-2-8-4-9(12)6-10(13)5-8/h4-6,14H,2-3,7H2,1H3. The minimum atomic E-state index is -0.594. The number of rotatable bonds is 5. The second-order valence-electron chi connectivity index (χ2n) is 3.28. The zero-order chi connectivity index (χ0) is 12.0. The van der Waals surface area contributed by atoms with Crippen LogP contribution < -0.4 is 5.32 Å². The van der Waals surface area contributed by atoms with Gasteiger partial charge >= 0.3 is 5.97 Å². The van der Waals surface area contributed by atoms with Gasteiger partial charge in [0.2, 0.25) is 0 Å². The van der Waals surface area contributed by atoms with E-state index < -0.39 is 11.6 Å². The first-order chi connectivity index (χ1) is 7.61. The van der Waals surface area contributed by atoms with Crippen molar-refractivity contribution >= 4 is 5.97 Å². The molecule has 0 saturated heterocycles. The Morgan fingerprint density at radius 1 is 1.31 bits per heavy atom. The molecule has 1 N–H and O–H groups in total. The molecule has 1 rings (SSSR count). The summed E-state index contributed by atoms with van der Waals surface area (Å²) >= 11 is 0. The first-order valence-electron chi connectivity index (χ1n) is 4.84. The van der Waals surface area contributed by atoms with Gasteiger partial charge in [0.15, 0.2) is 0 Å². The van der Waals surface area contributed by atoms with Crippen molar-refractivity contribution in [2.24, 2.45) is 0 Å². The summed E-state index contributed by atoms with van der Waals surface area (Å²) in [7, 11) is 1.30. The molecule has 0 bridgehead atoms. The number of carbonyl (C=O) groups is 1. The van der Waals surface area contributed by atoms with Crippen LogP contribution in [0, 0.1) is 11.6 Å². The first-order valence-corrected chi connectivity index (χ1v) is 4.84. The zero-order valence-electron chi connectivity index (χ0n) is 8.93. The number of halogens is 2. The number of esters is 1. The topological polar surface area (TPSA) is 38.3 Å². The lowest BCUT2D eigenvalue weighted by molar-refractivity contribution is -0.139. The van der Waals surface area contributed by atoms with Crippen LogP contribution >= 0.6 is 0 Å². The predicted molar refractivity (Wildman–Crippen MR) is 54.9 cm³/mol. The maximum Gasteiger partial charge on any atom is 0.319 e. The fourth-order valence-electron chi connectivity index (χ4n) is 1.25. The summed E-state index contributed by atoms with van der Waals surface area (Å²) in [5, 5.41) is 2.80. The average Bonchev–Trinajstić information content (AvgIpc) is 2.22. The van der Waals surface area contributed by atoms with E-state index in [0.717, 1.165) is 6.07 Å². The molecule has 0 aliphatic heterocycles. The molecular weight excluding hydrogens is 216 g/mol. The molecule has 3 nitrogen and oxygen atoms in total. The molecule has 1 aromatic rings. The molecule has 0 heterocycles. The maximum absolute atomic E-state index is 12.8. The van der Waals surface area contributed by atoms with Gasteiger partial charge in [0.25, 0.3) is 0 Å². The minimum Gasteiger partial charge on any atom is -0.468 e. The Bertz CT molecular complexity index is 349. The van der Waals surface area contributed by atoms with Crippen LogP contribution in [0.1, 0.15) is 5.56 Å². The smallest absolute Gasteiger partial charge is 0.319 e. The highest BCUT2D eigenvalue weighted by Crippen LogP contribution is 2.07. The molecule has 0 unspecified atom stereocenters. The number of nitrogens with one attached hydrogen (secondary N) is 1. The normalized spacial score (nSPS) is 10.2. The summed E-state index contributed by atoms with van der Waals surface area (Å²) in [6.07, 6.45) is 0.450. The highest BCUT2D eigenvalue weighted by molar-refractivity contribution is 5.71. The third kappa shape index (κ3) is 4.35. The van der Waals surface area contributed by atoms with Crippen LogP contribution in [0.2, 0.25) is 0 Å². The van der Waals surface area contributed by atoms with E-state index in [2.05, 4.69) is 10.1 Å². The average molecular weight is 229 g/mol. The highest BCUT2D eigenvalue weighted by atomic mass is 19.1. The summed E-state index contributed by atoms with van der Waals surface area (Å²) in [4.78, 5) is 10.7. The van der Waals surface area contributed by atoms with Gasteiger partial charge in [0.05, 0.1) is 13.7 Å². The number of benzene rings is 1. The van der Waals surface area contributed by atoms with Gasteiger partial charge in [0, 0.05) is 6.07 Å². The number of carbonyl (C=O) groups excluding carboxylic acids is 1. The summed E-state index contributed by atoms with van der Waals surface area (Å²) in [6.45, 7) is 0.548. The van der Waals surface area contributed by atoms with Gasteiger partial charge in [-0.05, 0) is 30.7 Å². The summed E-state index contributed by atoms with van der Waals surface area (Å²) in [6, 6.07) is 3.36. The van der Waals surface area contributed by atoms with Crippen molar-refractivity contribution in [3.05, 3.63) is 35.4 Å². The molecule has 88 valence electrons. The van der Waals surface area contributed by atoms with E-state index in [1.807, 2.05) is 0 Å². The van der Waals surface area contributed by atoms with Gasteiger partial charge in [-0.2, -0.15) is 0 Å². The molecule has 0 aliphatic carbocycles. The van der Waals surface area contributed by atoms with Crippen molar-refractivity contribution in [2.75, 3.05) is 20.2 Å². The monoisotopic (exact) mass is 229 g/mol. The van der Waals surface area contributed by atoms with E-state index in [1.165, 1.54) is 19.2 Å². The third-order valence-corrected chi connectivity index (χ3v) is 2.01. The summed E-state index contributed by atoms with van der Waals surface area (Å²) in [5.41, 5.74) is 0.551. The zero-order valence-corrected chi connectivity index (χ0v) is 8.93. The fraction of sp³-hybridized carbons (Fsp3) is 0.364. The van der Waals surface area contributed by atoms with Gasteiger partial charge in [-0.15, -0.1) is 0 Å². The first kappa shape index (κ1) is 12.6. The van der Waals surface area contributed by atoms with Crippen LogP contribution in [0.5, 0.6) is 0 Å². The summed E-state index contributed by atoms with van der Waals surface area (Å²) in [5.74, 6) is -1.56. The molecule has 5 heteroatoms. The molecule has 0 spiro atoms. The minimum absolute atomic E-state index is 0.0916. The molecule has 0 radical (unpaired) electrons. The van der Waals surface area contributed by atoms with Crippen molar-refractivity contribution in [1.82, 2.24) is 5.32 Å². The van der Waals surface area contributed by atoms with Gasteiger partial charge in [-0.25, -0.2) is 8.78 Å². The lowest BCUT2D eigenvalue weighted by Crippen LogP contribution is -2.25. The van der Waals surface area contributed by atoms with E-state index in [1.54, 1.807) is 0 Å². The van der Waals surface area contributed by atoms with Crippen LogP contribution in [0.25, 0.3) is 0 Å². The SMILES string of the molecule is COC(=O)CNCCc1cc(F)cc(F)c1. The number of methoxy groups -OCH3 is 1. The highest BCUT2D eigenvalue weighted by Gasteiger charge is 2.01. The quantitative estimate of drug-likeness (QED) is 0.610. The molecule has 0 atom stereocenters. The number of hydrogen-bond donors (Lipinski definition) is 1. The molecule has 0 aromatic heterocycles. The molecule has 0 amide bonds. The van der Waals surface area contributed by atoms with E-state index in [-0.39, 0.29) is 12.5 Å². The Kier molecular flexibility index (Phi) is 4.85. The van der Waals surface area contributed by atoms with Crippen LogP contribution in [0.15, 0.2) is 18.2 Å². The van der Waals surface area contributed by atoms with Gasteiger partial charge in [-0.3, -0.25) is 4.79 Å². The molecule has 1 aromatic carbocycles. The lowest BCUT2D eigenvalue weighted by Gasteiger charge is -2.04. The largest absolute Gasteiger partial charge is 0.468 e. The van der Waals surface area contributed by atoms with Crippen LogP contribution in [-0.2, 0) is 16.0 Å². The Morgan fingerprint density at radius 2 is 1.94 bits per heavy atom. The molecule has 0 saturated carbocycles. The van der Waals surface area contributed by atoms with Crippen LogP contribution in [-0.4, -0.2) is 26.2 Å². The van der Waals surface area contributed by atoms with Gasteiger partial charge in [-0.1, -0.05) is 0 Å². The molecule has 0 fully saturated rings. The van der Waals surface area contributed by atoms with Crippen molar-refractivity contribution in [3.63, 3.8) is 0 Å². The Morgan fingerprint density at radius 3 is 2.50 bits per heavy atom.